The molecule has 2 aromatic rings. The van der Waals surface area contributed by atoms with Crippen LogP contribution in [-0.2, 0) is 34.6 Å². The minimum atomic E-state index is -1.07. The second-order valence-corrected chi connectivity index (χ2v) is 11.4. The number of hydroxylamine groups is 1. The molecular weight excluding hydrogens is 589 g/mol. The van der Waals surface area contributed by atoms with E-state index in [0.29, 0.717) is 39.1 Å². The van der Waals surface area contributed by atoms with Gasteiger partial charge in [-0.1, -0.05) is 60.8 Å². The number of nitrogens with two attached hydrogens (primary N) is 1. The van der Waals surface area contributed by atoms with Crippen LogP contribution in [0.1, 0.15) is 62.0 Å². The number of amides is 2. The highest BCUT2D eigenvalue weighted by Crippen LogP contribution is 2.34. The van der Waals surface area contributed by atoms with Crippen LogP contribution in [0, 0.1) is 5.92 Å². The molecule has 1 aromatic heterocycles. The lowest BCUT2D eigenvalue weighted by Crippen LogP contribution is -2.53. The number of benzene rings is 1. The fourth-order valence-electron chi connectivity index (χ4n) is 5.11. The number of rotatable bonds is 9. The Labute approximate surface area is 256 Å². The number of hydrazine groups is 1. The summed E-state index contributed by atoms with van der Waals surface area (Å²) in [6.07, 6.45) is 4.19. The van der Waals surface area contributed by atoms with Gasteiger partial charge in [0.1, 0.15) is 22.4 Å². The molecule has 0 bridgehead atoms. The lowest BCUT2D eigenvalue weighted by Gasteiger charge is -2.38. The second-order valence-electron chi connectivity index (χ2n) is 10.2. The van der Waals surface area contributed by atoms with Gasteiger partial charge >= 0.3 is 0 Å². The molecular formula is C29H38Cl3N5O4. The number of halogens is 3. The molecule has 2 aliphatic heterocycles. The van der Waals surface area contributed by atoms with E-state index in [4.69, 9.17) is 50.5 Å². The van der Waals surface area contributed by atoms with Gasteiger partial charge in [-0.25, -0.2) is 10.5 Å². The maximum absolute atomic E-state index is 13.4. The van der Waals surface area contributed by atoms with E-state index in [2.05, 4.69) is 31.0 Å². The molecule has 9 nitrogen and oxygen atoms in total. The van der Waals surface area contributed by atoms with Crippen LogP contribution in [0.4, 0.5) is 0 Å². The van der Waals surface area contributed by atoms with E-state index in [1.165, 1.54) is 0 Å². The Morgan fingerprint density at radius 3 is 2.24 bits per heavy atom. The van der Waals surface area contributed by atoms with Crippen molar-refractivity contribution in [3.8, 4) is 5.75 Å². The Morgan fingerprint density at radius 2 is 1.73 bits per heavy atom. The molecule has 2 saturated heterocycles. The number of carbonyl (C=O) groups excluding carboxylic acids is 2. The molecule has 224 valence electrons. The largest absolute Gasteiger partial charge is 0.489 e. The van der Waals surface area contributed by atoms with Crippen LogP contribution >= 0.6 is 34.8 Å². The van der Waals surface area contributed by atoms with Crippen molar-refractivity contribution in [3.05, 3.63) is 68.9 Å². The van der Waals surface area contributed by atoms with E-state index in [-0.39, 0.29) is 22.2 Å². The van der Waals surface area contributed by atoms with Crippen molar-refractivity contribution in [1.82, 2.24) is 20.5 Å². The molecule has 1 aromatic carbocycles. The number of nitrogens with one attached hydrogen (secondary N) is 1. The normalized spacial score (nSPS) is 19.4. The summed E-state index contributed by atoms with van der Waals surface area (Å²) in [5.74, 6) is 0.470. The summed E-state index contributed by atoms with van der Waals surface area (Å²) in [6, 6.07) is 11.7. The lowest BCUT2D eigenvalue weighted by molar-refractivity contribution is -0.150. The van der Waals surface area contributed by atoms with Crippen LogP contribution in [0.2, 0.25) is 0 Å². The summed E-state index contributed by atoms with van der Waals surface area (Å²) in [7, 11) is 0. The van der Waals surface area contributed by atoms with Gasteiger partial charge in [-0.05, 0) is 73.4 Å². The summed E-state index contributed by atoms with van der Waals surface area (Å²) in [5.41, 5.74) is 12.4. The van der Waals surface area contributed by atoms with Gasteiger partial charge in [0.25, 0.3) is 5.91 Å². The Bertz CT molecular complexity index is 1180. The Kier molecular flexibility index (Phi) is 12.7. The molecule has 4 N–H and O–H groups in total. The number of aryl methyl sites for hydroxylation is 2. The van der Waals surface area contributed by atoms with Crippen molar-refractivity contribution in [3.63, 3.8) is 0 Å². The van der Waals surface area contributed by atoms with Gasteiger partial charge < -0.3 is 10.5 Å². The number of piperidine rings is 1. The van der Waals surface area contributed by atoms with Crippen LogP contribution in [-0.4, -0.2) is 51.7 Å². The molecule has 0 radical (unpaired) electrons. The fourth-order valence-corrected chi connectivity index (χ4v) is 5.11. The van der Waals surface area contributed by atoms with Gasteiger partial charge in [0.2, 0.25) is 5.91 Å². The van der Waals surface area contributed by atoms with Gasteiger partial charge in [0.05, 0.1) is 0 Å². The van der Waals surface area contributed by atoms with Gasteiger partial charge in [-0.3, -0.25) is 24.8 Å². The van der Waals surface area contributed by atoms with E-state index in [0.717, 1.165) is 59.5 Å². The average molecular weight is 627 g/mol. The molecule has 0 aliphatic carbocycles. The van der Waals surface area contributed by atoms with Crippen LogP contribution in [0.3, 0.4) is 0 Å². The molecule has 0 saturated carbocycles. The molecule has 3 heterocycles. The Hall–Kier alpha value is -2.40. The first-order chi connectivity index (χ1) is 19.6. The monoisotopic (exact) mass is 625 g/mol. The van der Waals surface area contributed by atoms with Gasteiger partial charge in [0.15, 0.2) is 0 Å². The average Bonchev–Trinajstić information content (AvgIpc) is 3.31. The van der Waals surface area contributed by atoms with E-state index in [1.54, 1.807) is 10.5 Å². The molecule has 2 fully saturated rings. The third kappa shape index (κ3) is 9.04. The van der Waals surface area contributed by atoms with Crippen LogP contribution < -0.4 is 16.0 Å². The molecule has 2 amide bonds. The SMILES string of the molecule is CCc1cc(COc2ccc(C3(N)CCN(N4CCC(CC(=O)NO)CC4)C3=O)cc2)cc(CC)n1.ClC=C(Cl)Cl. The highest BCUT2D eigenvalue weighted by Gasteiger charge is 2.47. The van der Waals surface area contributed by atoms with Crippen molar-refractivity contribution in [2.24, 2.45) is 11.7 Å². The number of pyridine rings is 1. The van der Waals surface area contributed by atoms with Crippen LogP contribution in [0.5, 0.6) is 5.75 Å². The topological polar surface area (TPSA) is 121 Å². The quantitative estimate of drug-likeness (QED) is 0.259. The van der Waals surface area contributed by atoms with Crippen LogP contribution in [0.15, 0.2) is 46.4 Å². The molecule has 1 unspecified atom stereocenters. The zero-order valence-corrected chi connectivity index (χ0v) is 25.7. The number of nitrogens with zero attached hydrogens (tertiary/aromatic N) is 3. The van der Waals surface area contributed by atoms with E-state index >= 15 is 0 Å². The lowest BCUT2D eigenvalue weighted by atomic mass is 9.89. The van der Waals surface area contributed by atoms with E-state index in [1.807, 2.05) is 29.3 Å². The van der Waals surface area contributed by atoms with Gasteiger partial charge in [0, 0.05) is 43.0 Å². The number of aromatic nitrogens is 1. The minimum absolute atomic E-state index is 0.0895. The van der Waals surface area contributed by atoms with Crippen molar-refractivity contribution in [2.45, 2.75) is 64.5 Å². The fraction of sp³-hybridized carbons (Fsp3) is 0.483. The zero-order valence-electron chi connectivity index (χ0n) is 23.4. The van der Waals surface area contributed by atoms with Crippen molar-refractivity contribution in [2.75, 3.05) is 19.6 Å². The molecule has 0 spiro atoms. The summed E-state index contributed by atoms with van der Waals surface area (Å²) < 4.78 is 6.10. The van der Waals surface area contributed by atoms with Crippen LogP contribution in [0.25, 0.3) is 0 Å². The Balaban J connectivity index is 0.000000850. The van der Waals surface area contributed by atoms with Gasteiger partial charge in [-0.2, -0.15) is 0 Å². The molecule has 12 heteroatoms. The molecule has 4 rings (SSSR count). The molecule has 41 heavy (non-hydrogen) atoms. The summed E-state index contributed by atoms with van der Waals surface area (Å²) >= 11 is 14.8. The van der Waals surface area contributed by atoms with Crippen molar-refractivity contribution in [1.29, 1.82) is 0 Å². The smallest absolute Gasteiger partial charge is 0.261 e. The highest BCUT2D eigenvalue weighted by atomic mass is 35.5. The Morgan fingerprint density at radius 1 is 1.15 bits per heavy atom. The number of ether oxygens (including phenoxy) is 1. The minimum Gasteiger partial charge on any atom is -0.489 e. The molecule has 2 aliphatic rings. The first-order valence-corrected chi connectivity index (χ1v) is 14.9. The number of hydrogen-bond acceptors (Lipinski definition) is 7. The molecule has 1 atom stereocenters. The second kappa shape index (κ2) is 15.7. The summed E-state index contributed by atoms with van der Waals surface area (Å²) in [6.45, 7) is 6.59. The van der Waals surface area contributed by atoms with Crippen molar-refractivity contribution >= 4 is 46.6 Å². The van der Waals surface area contributed by atoms with Gasteiger partial charge in [-0.15, -0.1) is 0 Å². The standard InChI is InChI=1S/C27H37N5O4.C2HCl3/c1-3-22-15-20(16-23(4-2)29-22)18-36-24-7-5-21(6-8-24)27(28)11-14-32(26(27)34)31-12-9-19(10-13-31)17-25(33)30-35;3-1-2(4)5/h5-8,15-16,19,35H,3-4,9-14,17-18,28H2,1-2H3,(H,30,33);1H. The maximum Gasteiger partial charge on any atom is 0.261 e. The zero-order chi connectivity index (χ0) is 30.0. The summed E-state index contributed by atoms with van der Waals surface area (Å²) in [5, 5.41) is 12.6. The first kappa shape index (κ1) is 33.1. The maximum atomic E-state index is 13.4. The van der Waals surface area contributed by atoms with Crippen molar-refractivity contribution < 1.29 is 19.5 Å². The predicted molar refractivity (Wildman–Crippen MR) is 160 cm³/mol. The van der Waals surface area contributed by atoms with E-state index in [9.17, 15) is 9.59 Å². The summed E-state index contributed by atoms with van der Waals surface area (Å²) in [4.78, 5) is 29.4. The first-order valence-electron chi connectivity index (χ1n) is 13.8. The third-order valence-corrected chi connectivity index (χ3v) is 8.10. The highest BCUT2D eigenvalue weighted by molar-refractivity contribution is 6.58. The predicted octanol–water partition coefficient (Wildman–Crippen LogP) is 5.20. The number of hydrogen-bond donors (Lipinski definition) is 3. The van der Waals surface area contributed by atoms with E-state index < -0.39 is 5.54 Å². The third-order valence-electron chi connectivity index (χ3n) is 7.44. The number of carbonyl (C=O) groups is 2.